The Morgan fingerprint density at radius 2 is 1.70 bits per heavy atom. The highest BCUT2D eigenvalue weighted by Crippen LogP contribution is 2.28. The summed E-state index contributed by atoms with van der Waals surface area (Å²) in [6.07, 6.45) is 4.55. The number of thioether (sulfide) groups is 1. The molecule has 2 heterocycles. The van der Waals surface area contributed by atoms with Crippen molar-refractivity contribution in [1.29, 1.82) is 0 Å². The van der Waals surface area contributed by atoms with Crippen molar-refractivity contribution in [3.05, 3.63) is 84.2 Å². The van der Waals surface area contributed by atoms with Gasteiger partial charge in [0, 0.05) is 29.3 Å². The van der Waals surface area contributed by atoms with Gasteiger partial charge in [-0.1, -0.05) is 55.4 Å². The zero-order valence-electron chi connectivity index (χ0n) is 19.0. The molecule has 1 amide bonds. The highest BCUT2D eigenvalue weighted by molar-refractivity contribution is 7.99. The average molecular weight is 458 g/mol. The quantitative estimate of drug-likeness (QED) is 0.334. The van der Waals surface area contributed by atoms with Gasteiger partial charge in [0.05, 0.1) is 5.75 Å². The van der Waals surface area contributed by atoms with Gasteiger partial charge in [-0.15, -0.1) is 10.2 Å². The van der Waals surface area contributed by atoms with Gasteiger partial charge in [0.2, 0.25) is 5.91 Å². The Balaban J connectivity index is 1.51. The third-order valence-electron chi connectivity index (χ3n) is 5.57. The Kier molecular flexibility index (Phi) is 7.19. The summed E-state index contributed by atoms with van der Waals surface area (Å²) in [5, 5.41) is 12.4. The summed E-state index contributed by atoms with van der Waals surface area (Å²) in [6, 6.07) is 20.0. The molecular weight excluding hydrogens is 430 g/mol. The van der Waals surface area contributed by atoms with Crippen molar-refractivity contribution in [2.24, 2.45) is 0 Å². The normalized spacial score (nSPS) is 11.8. The first-order chi connectivity index (χ1) is 16.0. The van der Waals surface area contributed by atoms with Crippen LogP contribution in [0.4, 0.5) is 5.69 Å². The lowest BCUT2D eigenvalue weighted by atomic mass is 9.99. The number of pyridine rings is 1. The Morgan fingerprint density at radius 3 is 2.36 bits per heavy atom. The van der Waals surface area contributed by atoms with Crippen molar-refractivity contribution in [1.82, 2.24) is 19.7 Å². The molecule has 2 aromatic carbocycles. The first kappa shape index (κ1) is 22.7. The third-order valence-corrected chi connectivity index (χ3v) is 6.50. The number of hydrogen-bond acceptors (Lipinski definition) is 5. The zero-order valence-corrected chi connectivity index (χ0v) is 19.8. The Labute approximate surface area is 198 Å². The molecule has 0 radical (unpaired) electrons. The van der Waals surface area contributed by atoms with Crippen LogP contribution in [0.5, 0.6) is 0 Å². The van der Waals surface area contributed by atoms with E-state index in [-0.39, 0.29) is 11.7 Å². The number of nitrogens with one attached hydrogen (secondary N) is 1. The van der Waals surface area contributed by atoms with E-state index >= 15 is 0 Å². The summed E-state index contributed by atoms with van der Waals surface area (Å²) in [5.74, 6) is 1.37. The number of carbonyl (C=O) groups excluding carboxylic acids is 1. The lowest BCUT2D eigenvalue weighted by Crippen LogP contribution is -2.14. The molecule has 4 aromatic rings. The Morgan fingerprint density at radius 1 is 1.00 bits per heavy atom. The van der Waals surface area contributed by atoms with E-state index in [9.17, 15) is 4.79 Å². The van der Waals surface area contributed by atoms with Crippen molar-refractivity contribution < 1.29 is 4.79 Å². The van der Waals surface area contributed by atoms with Crippen molar-refractivity contribution in [3.63, 3.8) is 0 Å². The molecule has 0 unspecified atom stereocenters. The topological polar surface area (TPSA) is 72.7 Å². The highest BCUT2D eigenvalue weighted by atomic mass is 32.2. The van der Waals surface area contributed by atoms with Crippen LogP contribution in [0.25, 0.3) is 17.1 Å². The molecule has 0 spiro atoms. The molecule has 0 fully saturated rings. The van der Waals surface area contributed by atoms with Crippen LogP contribution in [0.2, 0.25) is 0 Å². The van der Waals surface area contributed by atoms with Crippen LogP contribution in [0.1, 0.15) is 37.3 Å². The molecule has 0 aliphatic carbocycles. The van der Waals surface area contributed by atoms with Crippen LogP contribution < -0.4 is 5.32 Å². The molecule has 4 rings (SSSR count). The van der Waals surface area contributed by atoms with Crippen LogP contribution in [-0.2, 0) is 4.79 Å². The molecule has 33 heavy (non-hydrogen) atoms. The standard InChI is InChI=1S/C26H27N5OS/c1-4-19(3)20-7-9-22(10-8-20)28-24(32)17-33-26-30-29-25(21-13-15-27-16-14-21)31(26)23-11-5-18(2)6-12-23/h5-16,19H,4,17H2,1-3H3,(H,28,32)/t19-/m1/s1. The number of nitrogens with zero attached hydrogens (tertiary/aromatic N) is 4. The first-order valence-electron chi connectivity index (χ1n) is 11.0. The minimum Gasteiger partial charge on any atom is -0.325 e. The number of hydrogen-bond donors (Lipinski definition) is 1. The van der Waals surface area contributed by atoms with E-state index in [1.54, 1.807) is 12.4 Å². The maximum Gasteiger partial charge on any atom is 0.234 e. The summed E-state index contributed by atoms with van der Waals surface area (Å²) in [4.78, 5) is 16.7. The Bertz CT molecular complexity index is 1200. The lowest BCUT2D eigenvalue weighted by Gasteiger charge is -2.12. The number of aryl methyl sites for hydroxylation is 1. The second-order valence-corrected chi connectivity index (χ2v) is 8.92. The average Bonchev–Trinajstić information content (AvgIpc) is 3.28. The Hall–Kier alpha value is -3.45. The maximum absolute atomic E-state index is 12.6. The molecule has 1 atom stereocenters. The molecule has 7 heteroatoms. The molecule has 6 nitrogen and oxygen atoms in total. The summed E-state index contributed by atoms with van der Waals surface area (Å²) < 4.78 is 1.98. The van der Waals surface area contributed by atoms with E-state index in [0.29, 0.717) is 16.9 Å². The number of rotatable bonds is 8. The van der Waals surface area contributed by atoms with Crippen molar-refractivity contribution in [2.45, 2.75) is 38.3 Å². The van der Waals surface area contributed by atoms with Crippen LogP contribution in [0, 0.1) is 6.92 Å². The van der Waals surface area contributed by atoms with Gasteiger partial charge < -0.3 is 5.32 Å². The van der Waals surface area contributed by atoms with Crippen LogP contribution >= 0.6 is 11.8 Å². The number of anilines is 1. The fraction of sp³-hybridized carbons (Fsp3) is 0.231. The molecule has 168 valence electrons. The van der Waals surface area contributed by atoms with Crippen molar-refractivity contribution in [3.8, 4) is 17.1 Å². The van der Waals surface area contributed by atoms with Gasteiger partial charge in [-0.25, -0.2) is 0 Å². The summed E-state index contributed by atoms with van der Waals surface area (Å²) in [7, 11) is 0. The predicted molar refractivity (Wildman–Crippen MR) is 134 cm³/mol. The van der Waals surface area contributed by atoms with Gasteiger partial charge in [0.25, 0.3) is 0 Å². The number of benzene rings is 2. The molecule has 0 aliphatic rings. The molecular formula is C26H27N5OS. The van der Waals surface area contributed by atoms with E-state index in [1.807, 2.05) is 41.0 Å². The lowest BCUT2D eigenvalue weighted by molar-refractivity contribution is -0.113. The molecule has 2 aromatic heterocycles. The van der Waals surface area contributed by atoms with Crippen LogP contribution in [0.3, 0.4) is 0 Å². The smallest absolute Gasteiger partial charge is 0.234 e. The monoisotopic (exact) mass is 457 g/mol. The molecule has 1 N–H and O–H groups in total. The van der Waals surface area contributed by atoms with Crippen LogP contribution in [0.15, 0.2) is 78.2 Å². The minimum atomic E-state index is -0.0831. The van der Waals surface area contributed by atoms with E-state index in [4.69, 9.17) is 0 Å². The third kappa shape index (κ3) is 5.49. The van der Waals surface area contributed by atoms with E-state index in [1.165, 1.54) is 22.9 Å². The van der Waals surface area contributed by atoms with E-state index < -0.39 is 0 Å². The van der Waals surface area contributed by atoms with Gasteiger partial charge in [0.15, 0.2) is 11.0 Å². The predicted octanol–water partition coefficient (Wildman–Crippen LogP) is 5.88. The van der Waals surface area contributed by atoms with Gasteiger partial charge in [-0.3, -0.25) is 14.3 Å². The SMILES string of the molecule is CC[C@@H](C)c1ccc(NC(=O)CSc2nnc(-c3ccncc3)n2-c2ccc(C)cc2)cc1. The van der Waals surface area contributed by atoms with Crippen molar-refractivity contribution in [2.75, 3.05) is 11.1 Å². The molecule has 0 saturated carbocycles. The first-order valence-corrected chi connectivity index (χ1v) is 12.0. The second kappa shape index (κ2) is 10.4. The minimum absolute atomic E-state index is 0.0831. The molecule has 0 bridgehead atoms. The van der Waals surface area contributed by atoms with Crippen molar-refractivity contribution >= 4 is 23.4 Å². The molecule has 0 aliphatic heterocycles. The summed E-state index contributed by atoms with van der Waals surface area (Å²) in [5.41, 5.74) is 5.10. The number of amides is 1. The fourth-order valence-electron chi connectivity index (χ4n) is 3.44. The highest BCUT2D eigenvalue weighted by Gasteiger charge is 2.17. The number of aromatic nitrogens is 4. The van der Waals surface area contributed by atoms with E-state index in [2.05, 4.69) is 65.5 Å². The van der Waals surface area contributed by atoms with Gasteiger partial charge in [-0.2, -0.15) is 0 Å². The van der Waals surface area contributed by atoms with Crippen LogP contribution in [-0.4, -0.2) is 31.4 Å². The maximum atomic E-state index is 12.6. The van der Waals surface area contributed by atoms with Gasteiger partial charge in [-0.05, 0) is 61.2 Å². The number of carbonyl (C=O) groups is 1. The zero-order chi connectivity index (χ0) is 23.2. The molecule has 0 saturated heterocycles. The largest absolute Gasteiger partial charge is 0.325 e. The van der Waals surface area contributed by atoms with Gasteiger partial charge >= 0.3 is 0 Å². The second-order valence-electron chi connectivity index (χ2n) is 7.98. The summed E-state index contributed by atoms with van der Waals surface area (Å²) >= 11 is 1.36. The fourth-order valence-corrected chi connectivity index (χ4v) is 4.19. The van der Waals surface area contributed by atoms with Gasteiger partial charge in [0.1, 0.15) is 0 Å². The van der Waals surface area contributed by atoms with E-state index in [0.717, 1.165) is 23.4 Å². The summed E-state index contributed by atoms with van der Waals surface area (Å²) in [6.45, 7) is 6.43.